The zero-order chi connectivity index (χ0) is 18.4. The number of hydrogen-bond donors (Lipinski definition) is 1. The van der Waals surface area contributed by atoms with Gasteiger partial charge in [0.2, 0.25) is 0 Å². The second-order valence-electron chi connectivity index (χ2n) is 6.16. The molecule has 0 amide bonds. The Morgan fingerprint density at radius 1 is 1.19 bits per heavy atom. The largest absolute Gasteiger partial charge is 0.489 e. The molecule has 0 spiro atoms. The van der Waals surface area contributed by atoms with Gasteiger partial charge in [-0.3, -0.25) is 0 Å². The molecule has 3 rings (SSSR count). The van der Waals surface area contributed by atoms with Crippen molar-refractivity contribution in [1.82, 2.24) is 10.3 Å². The number of hydrogen-bond acceptors (Lipinski definition) is 5. The van der Waals surface area contributed by atoms with E-state index in [4.69, 9.17) is 10.00 Å². The molecule has 0 saturated carbocycles. The van der Waals surface area contributed by atoms with Crippen molar-refractivity contribution in [2.45, 2.75) is 33.0 Å². The molecule has 2 aromatic carbocycles. The van der Waals surface area contributed by atoms with Crippen LogP contribution in [0.2, 0.25) is 0 Å². The third-order valence-corrected chi connectivity index (χ3v) is 5.10. The van der Waals surface area contributed by atoms with Crippen molar-refractivity contribution in [2.24, 2.45) is 0 Å². The summed E-state index contributed by atoms with van der Waals surface area (Å²) in [5.74, 6) is 0.819. The van der Waals surface area contributed by atoms with Gasteiger partial charge in [-0.15, -0.1) is 11.3 Å². The van der Waals surface area contributed by atoms with Crippen LogP contribution in [0.3, 0.4) is 0 Å². The maximum Gasteiger partial charge on any atom is 0.119 e. The molecule has 1 aromatic heterocycles. The van der Waals surface area contributed by atoms with Gasteiger partial charge >= 0.3 is 0 Å². The average molecular weight is 363 g/mol. The van der Waals surface area contributed by atoms with Gasteiger partial charge in [-0.05, 0) is 49.2 Å². The molecule has 0 aliphatic rings. The van der Waals surface area contributed by atoms with Crippen LogP contribution in [0.5, 0.6) is 5.75 Å². The maximum absolute atomic E-state index is 8.94. The fourth-order valence-electron chi connectivity index (χ4n) is 2.53. The monoisotopic (exact) mass is 363 g/mol. The van der Waals surface area contributed by atoms with Crippen molar-refractivity contribution in [3.05, 3.63) is 81.3 Å². The van der Waals surface area contributed by atoms with E-state index in [1.54, 1.807) is 17.4 Å². The minimum Gasteiger partial charge on any atom is -0.489 e. The van der Waals surface area contributed by atoms with E-state index in [0.717, 1.165) is 22.9 Å². The minimum atomic E-state index is 0.233. The van der Waals surface area contributed by atoms with Crippen molar-refractivity contribution >= 4 is 11.3 Å². The molecule has 5 heteroatoms. The number of nitrogens with zero attached hydrogens (tertiary/aromatic N) is 2. The van der Waals surface area contributed by atoms with Crippen molar-refractivity contribution in [3.8, 4) is 11.8 Å². The zero-order valence-corrected chi connectivity index (χ0v) is 15.7. The van der Waals surface area contributed by atoms with Crippen molar-refractivity contribution < 1.29 is 4.74 Å². The molecule has 0 aliphatic carbocycles. The van der Waals surface area contributed by atoms with E-state index >= 15 is 0 Å². The number of nitriles is 1. The zero-order valence-electron chi connectivity index (χ0n) is 14.9. The molecule has 1 N–H and O–H groups in total. The second-order valence-corrected chi connectivity index (χ2v) is 7.42. The fraction of sp³-hybridized carbons (Fsp3) is 0.238. The van der Waals surface area contributed by atoms with Gasteiger partial charge in [0.05, 0.1) is 17.7 Å². The summed E-state index contributed by atoms with van der Waals surface area (Å²) in [5.41, 5.74) is 2.84. The second kappa shape index (κ2) is 8.61. The molecule has 3 aromatic rings. The maximum atomic E-state index is 8.94. The molecular formula is C21H21N3OS. The van der Waals surface area contributed by atoms with Crippen LogP contribution in [0, 0.1) is 18.3 Å². The molecule has 26 heavy (non-hydrogen) atoms. The Morgan fingerprint density at radius 2 is 2.00 bits per heavy atom. The lowest BCUT2D eigenvalue weighted by molar-refractivity contribution is 0.306. The van der Waals surface area contributed by atoms with E-state index in [0.29, 0.717) is 12.2 Å². The first kappa shape index (κ1) is 18.1. The molecule has 4 nitrogen and oxygen atoms in total. The Kier molecular flexibility index (Phi) is 6.00. The van der Waals surface area contributed by atoms with Crippen molar-refractivity contribution in [1.29, 1.82) is 5.26 Å². The number of aryl methyl sites for hydroxylation is 1. The molecule has 132 valence electrons. The van der Waals surface area contributed by atoms with Crippen LogP contribution in [0.4, 0.5) is 0 Å². The first-order valence-electron chi connectivity index (χ1n) is 8.50. The summed E-state index contributed by atoms with van der Waals surface area (Å²) in [5, 5.41) is 13.5. The van der Waals surface area contributed by atoms with Gasteiger partial charge in [-0.1, -0.05) is 24.3 Å². The van der Waals surface area contributed by atoms with Crippen LogP contribution in [0.15, 0.2) is 54.7 Å². The summed E-state index contributed by atoms with van der Waals surface area (Å²) in [7, 11) is 0. The molecule has 0 radical (unpaired) electrons. The minimum absolute atomic E-state index is 0.233. The number of aromatic nitrogens is 1. The lowest BCUT2D eigenvalue weighted by Gasteiger charge is -2.12. The first-order chi connectivity index (χ1) is 12.6. The van der Waals surface area contributed by atoms with Crippen molar-refractivity contribution in [2.75, 3.05) is 0 Å². The highest BCUT2D eigenvalue weighted by Crippen LogP contribution is 2.20. The van der Waals surface area contributed by atoms with Gasteiger partial charge in [-0.2, -0.15) is 5.26 Å². The summed E-state index contributed by atoms with van der Waals surface area (Å²) in [4.78, 5) is 5.66. The Balaban J connectivity index is 1.51. The van der Waals surface area contributed by atoms with Crippen LogP contribution in [-0.2, 0) is 13.2 Å². The summed E-state index contributed by atoms with van der Waals surface area (Å²) in [6.45, 7) is 5.44. The van der Waals surface area contributed by atoms with E-state index in [-0.39, 0.29) is 6.04 Å². The highest BCUT2D eigenvalue weighted by atomic mass is 32.1. The van der Waals surface area contributed by atoms with E-state index in [1.807, 2.05) is 36.5 Å². The molecule has 0 saturated heterocycles. The van der Waals surface area contributed by atoms with E-state index in [2.05, 4.69) is 42.4 Å². The highest BCUT2D eigenvalue weighted by Gasteiger charge is 2.08. The van der Waals surface area contributed by atoms with Crippen molar-refractivity contribution in [3.63, 3.8) is 0 Å². The number of thiazole rings is 1. The predicted molar refractivity (Wildman–Crippen MR) is 104 cm³/mol. The predicted octanol–water partition coefficient (Wildman–Crippen LogP) is 4.75. The molecular weight excluding hydrogens is 342 g/mol. The third kappa shape index (κ3) is 4.92. The van der Waals surface area contributed by atoms with Crippen LogP contribution in [0.1, 0.15) is 39.5 Å². The average Bonchev–Trinajstić information content (AvgIpc) is 3.12. The lowest BCUT2D eigenvalue weighted by atomic mass is 10.1. The first-order valence-corrected chi connectivity index (χ1v) is 9.32. The van der Waals surface area contributed by atoms with E-state index in [1.165, 1.54) is 10.4 Å². The summed E-state index contributed by atoms with van der Waals surface area (Å²) in [6.07, 6.45) is 1.91. The van der Waals surface area contributed by atoms with Gasteiger partial charge in [-0.25, -0.2) is 4.98 Å². The number of nitrogens with one attached hydrogen (secondary N) is 1. The summed E-state index contributed by atoms with van der Waals surface area (Å²) in [6, 6.07) is 17.9. The number of rotatable bonds is 7. The Bertz CT molecular complexity index is 896. The molecule has 1 heterocycles. The quantitative estimate of drug-likeness (QED) is 0.658. The fourth-order valence-corrected chi connectivity index (χ4v) is 3.33. The number of ether oxygens (including phenoxy) is 1. The third-order valence-electron chi connectivity index (χ3n) is 4.01. The van der Waals surface area contributed by atoms with Gasteiger partial charge < -0.3 is 10.1 Å². The van der Waals surface area contributed by atoms with Crippen LogP contribution in [-0.4, -0.2) is 4.98 Å². The molecule has 0 aliphatic heterocycles. The van der Waals surface area contributed by atoms with Crippen LogP contribution >= 0.6 is 11.3 Å². The standard InChI is InChI=1S/C21H21N3OS/c1-15-12-24-21(26-15)16(2)23-13-17-6-8-20(9-7-17)25-14-19-5-3-4-18(10-19)11-22/h3-10,12,16,23H,13-14H2,1-2H3/t16-/m0/s1. The van der Waals surface area contributed by atoms with Gasteiger partial charge in [0.1, 0.15) is 17.4 Å². The summed E-state index contributed by atoms with van der Waals surface area (Å²) < 4.78 is 5.81. The summed E-state index contributed by atoms with van der Waals surface area (Å²) >= 11 is 1.73. The van der Waals surface area contributed by atoms with Gasteiger partial charge in [0.15, 0.2) is 0 Å². The highest BCUT2D eigenvalue weighted by molar-refractivity contribution is 7.11. The molecule has 0 fully saturated rings. The lowest BCUT2D eigenvalue weighted by Crippen LogP contribution is -2.17. The van der Waals surface area contributed by atoms with Crippen LogP contribution < -0.4 is 10.1 Å². The normalized spacial score (nSPS) is 11.7. The molecule has 0 unspecified atom stereocenters. The topological polar surface area (TPSA) is 57.9 Å². The van der Waals surface area contributed by atoms with Crippen LogP contribution in [0.25, 0.3) is 0 Å². The Labute approximate surface area is 158 Å². The van der Waals surface area contributed by atoms with E-state index in [9.17, 15) is 0 Å². The SMILES string of the molecule is Cc1cnc([C@H](C)NCc2ccc(OCc3cccc(C#N)c3)cc2)s1. The van der Waals surface area contributed by atoms with Gasteiger partial charge in [0, 0.05) is 17.6 Å². The van der Waals surface area contributed by atoms with E-state index < -0.39 is 0 Å². The Morgan fingerprint density at radius 3 is 2.69 bits per heavy atom. The van der Waals surface area contributed by atoms with Gasteiger partial charge in [0.25, 0.3) is 0 Å². The molecule has 0 bridgehead atoms. The smallest absolute Gasteiger partial charge is 0.119 e. The Hall–Kier alpha value is -2.68. The molecule has 1 atom stereocenters. The number of benzene rings is 2.